The number of halogens is 2. The van der Waals surface area contributed by atoms with E-state index in [2.05, 4.69) is 10.6 Å². The van der Waals surface area contributed by atoms with Crippen LogP contribution in [0.25, 0.3) is 0 Å². The summed E-state index contributed by atoms with van der Waals surface area (Å²) in [6.45, 7) is 3.52. The molecule has 2 N–H and O–H groups in total. The Morgan fingerprint density at radius 3 is 2.50 bits per heavy atom. The van der Waals surface area contributed by atoms with Gasteiger partial charge in [0.05, 0.1) is 12.0 Å². The van der Waals surface area contributed by atoms with Crippen LogP contribution in [-0.2, 0) is 9.59 Å². The van der Waals surface area contributed by atoms with Crippen LogP contribution < -0.4 is 15.5 Å². The minimum atomic E-state index is -0.974. The summed E-state index contributed by atoms with van der Waals surface area (Å²) in [6, 6.07) is 7.40. The fourth-order valence-corrected chi connectivity index (χ4v) is 3.24. The molecule has 0 spiro atoms. The smallest absolute Gasteiger partial charge is 0.239 e. The number of nitrogens with zero attached hydrogens (tertiary/aromatic N) is 1. The normalized spacial score (nSPS) is 26.3. The standard InChI is InChI=1S/C15H17Cl2N3O2/c1-14(9-15(14,16)17)13(22)19-10-2-4-11(5-3-10)20-7-6-18-12(21)8-20/h2-5H,6-9H2,1H3,(H,18,21)(H,19,22)/t14-/m1/s1. The fourth-order valence-electron chi connectivity index (χ4n) is 2.53. The first-order valence-electron chi connectivity index (χ1n) is 7.13. The predicted octanol–water partition coefficient (Wildman–Crippen LogP) is 2.15. The molecule has 5 nitrogen and oxygen atoms in total. The maximum atomic E-state index is 12.2. The zero-order chi connectivity index (χ0) is 16.0. The van der Waals surface area contributed by atoms with Crippen molar-refractivity contribution >= 4 is 46.4 Å². The van der Waals surface area contributed by atoms with Gasteiger partial charge in [-0.25, -0.2) is 0 Å². The Morgan fingerprint density at radius 1 is 1.32 bits per heavy atom. The highest BCUT2D eigenvalue weighted by molar-refractivity contribution is 6.53. The molecule has 1 aliphatic heterocycles. The topological polar surface area (TPSA) is 61.4 Å². The first-order valence-corrected chi connectivity index (χ1v) is 7.88. The molecule has 7 heteroatoms. The SMILES string of the molecule is C[C@]1(C(=O)Nc2ccc(N3CCNC(=O)C3)cc2)CC1(Cl)Cl. The Hall–Kier alpha value is -1.46. The van der Waals surface area contributed by atoms with E-state index in [9.17, 15) is 9.59 Å². The number of hydrogen-bond acceptors (Lipinski definition) is 3. The van der Waals surface area contributed by atoms with Crippen LogP contribution in [0.5, 0.6) is 0 Å². The molecule has 2 fully saturated rings. The Kier molecular flexibility index (Phi) is 3.73. The van der Waals surface area contributed by atoms with Crippen LogP contribution in [0, 0.1) is 5.41 Å². The number of hydrogen-bond donors (Lipinski definition) is 2. The van der Waals surface area contributed by atoms with Crippen LogP contribution >= 0.6 is 23.2 Å². The number of piperazine rings is 1. The number of rotatable bonds is 3. The Morgan fingerprint density at radius 2 is 1.95 bits per heavy atom. The predicted molar refractivity (Wildman–Crippen MR) is 87.5 cm³/mol. The molecule has 1 aromatic carbocycles. The minimum absolute atomic E-state index is 0.0193. The average Bonchev–Trinajstić information content (AvgIpc) is 3.00. The molecular formula is C15H17Cl2N3O2. The van der Waals surface area contributed by atoms with Crippen LogP contribution in [0.15, 0.2) is 24.3 Å². The number of nitrogens with one attached hydrogen (secondary N) is 2. The van der Waals surface area contributed by atoms with E-state index in [-0.39, 0.29) is 11.8 Å². The Labute approximate surface area is 138 Å². The number of amides is 2. The van der Waals surface area contributed by atoms with E-state index in [1.807, 2.05) is 29.2 Å². The van der Waals surface area contributed by atoms with Gasteiger partial charge in [0.2, 0.25) is 11.8 Å². The summed E-state index contributed by atoms with van der Waals surface area (Å²) < 4.78 is -0.974. The van der Waals surface area contributed by atoms with E-state index in [0.29, 0.717) is 25.2 Å². The van der Waals surface area contributed by atoms with Crippen molar-refractivity contribution in [1.29, 1.82) is 0 Å². The summed E-state index contributed by atoms with van der Waals surface area (Å²) in [5, 5.41) is 5.62. The summed E-state index contributed by atoms with van der Waals surface area (Å²) in [5.41, 5.74) is 0.904. The monoisotopic (exact) mass is 341 g/mol. The second kappa shape index (κ2) is 5.32. The molecule has 118 valence electrons. The molecule has 0 unspecified atom stereocenters. The van der Waals surface area contributed by atoms with E-state index in [1.54, 1.807) is 6.92 Å². The molecule has 1 aliphatic carbocycles. The van der Waals surface area contributed by atoms with Crippen molar-refractivity contribution in [2.75, 3.05) is 29.9 Å². The molecule has 1 atom stereocenters. The van der Waals surface area contributed by atoms with Gasteiger partial charge >= 0.3 is 0 Å². The fraction of sp³-hybridized carbons (Fsp3) is 0.467. The summed E-state index contributed by atoms with van der Waals surface area (Å²) in [4.78, 5) is 25.6. The number of anilines is 2. The molecule has 0 bridgehead atoms. The molecule has 0 radical (unpaired) electrons. The lowest BCUT2D eigenvalue weighted by atomic mass is 10.1. The van der Waals surface area contributed by atoms with Crippen LogP contribution in [0.1, 0.15) is 13.3 Å². The number of benzene rings is 1. The number of alkyl halides is 2. The van der Waals surface area contributed by atoms with Gasteiger partial charge in [-0.05, 0) is 37.6 Å². The van der Waals surface area contributed by atoms with Crippen LogP contribution in [0.3, 0.4) is 0 Å². The summed E-state index contributed by atoms with van der Waals surface area (Å²) >= 11 is 12.0. The van der Waals surface area contributed by atoms with Gasteiger partial charge in [0.15, 0.2) is 0 Å². The summed E-state index contributed by atoms with van der Waals surface area (Å²) in [6.07, 6.45) is 0.454. The number of carbonyl (C=O) groups is 2. The van der Waals surface area contributed by atoms with Crippen LogP contribution in [0.2, 0.25) is 0 Å². The lowest BCUT2D eigenvalue weighted by molar-refractivity contribution is -0.121. The lowest BCUT2D eigenvalue weighted by Gasteiger charge is -2.28. The van der Waals surface area contributed by atoms with Gasteiger partial charge in [0, 0.05) is 24.5 Å². The lowest BCUT2D eigenvalue weighted by Crippen LogP contribution is -2.47. The first kappa shape index (κ1) is 15.4. The first-order chi connectivity index (χ1) is 10.3. The zero-order valence-electron chi connectivity index (χ0n) is 12.2. The molecule has 1 aromatic rings. The van der Waals surface area contributed by atoms with Gasteiger partial charge in [-0.1, -0.05) is 0 Å². The molecule has 1 saturated heterocycles. The van der Waals surface area contributed by atoms with Gasteiger partial charge in [-0.3, -0.25) is 9.59 Å². The third-order valence-corrected chi connectivity index (χ3v) is 5.39. The van der Waals surface area contributed by atoms with E-state index in [1.165, 1.54) is 0 Å². The van der Waals surface area contributed by atoms with Crippen molar-refractivity contribution in [3.05, 3.63) is 24.3 Å². The Bertz CT molecular complexity index is 618. The van der Waals surface area contributed by atoms with Crippen molar-refractivity contribution in [1.82, 2.24) is 5.32 Å². The number of carbonyl (C=O) groups excluding carboxylic acids is 2. The molecule has 1 saturated carbocycles. The summed E-state index contributed by atoms with van der Waals surface area (Å²) in [7, 11) is 0. The largest absolute Gasteiger partial charge is 0.360 e. The van der Waals surface area contributed by atoms with Gasteiger partial charge in [0.1, 0.15) is 4.33 Å². The van der Waals surface area contributed by atoms with E-state index < -0.39 is 9.75 Å². The van der Waals surface area contributed by atoms with E-state index in [4.69, 9.17) is 23.2 Å². The molecule has 3 rings (SSSR count). The van der Waals surface area contributed by atoms with Gasteiger partial charge < -0.3 is 15.5 Å². The maximum Gasteiger partial charge on any atom is 0.239 e. The highest BCUT2D eigenvalue weighted by Crippen LogP contribution is 2.64. The third kappa shape index (κ3) is 2.75. The molecular weight excluding hydrogens is 325 g/mol. The van der Waals surface area contributed by atoms with Gasteiger partial charge in [-0.2, -0.15) is 0 Å². The molecule has 22 heavy (non-hydrogen) atoms. The third-order valence-electron chi connectivity index (χ3n) is 4.29. The van der Waals surface area contributed by atoms with Crippen molar-refractivity contribution < 1.29 is 9.59 Å². The Balaban J connectivity index is 1.65. The van der Waals surface area contributed by atoms with Gasteiger partial charge in [0.25, 0.3) is 0 Å². The van der Waals surface area contributed by atoms with E-state index in [0.717, 1.165) is 12.2 Å². The minimum Gasteiger partial charge on any atom is -0.360 e. The average molecular weight is 342 g/mol. The quantitative estimate of drug-likeness (QED) is 0.828. The molecule has 2 amide bonds. The van der Waals surface area contributed by atoms with Crippen molar-refractivity contribution in [3.8, 4) is 0 Å². The molecule has 1 heterocycles. The van der Waals surface area contributed by atoms with Crippen molar-refractivity contribution in [3.63, 3.8) is 0 Å². The van der Waals surface area contributed by atoms with Crippen LogP contribution in [0.4, 0.5) is 11.4 Å². The zero-order valence-corrected chi connectivity index (χ0v) is 13.7. The van der Waals surface area contributed by atoms with Crippen molar-refractivity contribution in [2.45, 2.75) is 17.7 Å². The van der Waals surface area contributed by atoms with E-state index >= 15 is 0 Å². The van der Waals surface area contributed by atoms with Gasteiger partial charge in [-0.15, -0.1) is 23.2 Å². The second-order valence-electron chi connectivity index (χ2n) is 5.99. The van der Waals surface area contributed by atoms with Crippen molar-refractivity contribution in [2.24, 2.45) is 5.41 Å². The highest BCUT2D eigenvalue weighted by atomic mass is 35.5. The molecule has 2 aliphatic rings. The van der Waals surface area contributed by atoms with Crippen LogP contribution in [-0.4, -0.2) is 35.8 Å². The summed E-state index contributed by atoms with van der Waals surface area (Å²) in [5.74, 6) is -0.159. The molecule has 0 aromatic heterocycles. The highest BCUT2D eigenvalue weighted by Gasteiger charge is 2.67. The maximum absolute atomic E-state index is 12.2. The second-order valence-corrected chi connectivity index (χ2v) is 7.47.